The first-order valence-corrected chi connectivity index (χ1v) is 8.52. The molecule has 20 heavy (non-hydrogen) atoms. The molecule has 1 aromatic heterocycles. The molecule has 3 saturated carbocycles. The van der Waals surface area contributed by atoms with E-state index in [0.717, 1.165) is 24.8 Å². The molecule has 3 fully saturated rings. The van der Waals surface area contributed by atoms with Gasteiger partial charge < -0.3 is 5.73 Å². The van der Waals surface area contributed by atoms with Gasteiger partial charge in [-0.25, -0.2) is 0 Å². The van der Waals surface area contributed by atoms with E-state index in [-0.39, 0.29) is 0 Å². The minimum atomic E-state index is 0.374. The number of fused-ring (bicyclic) bond motifs is 1. The molecule has 0 aliphatic heterocycles. The maximum absolute atomic E-state index is 6.11. The van der Waals surface area contributed by atoms with E-state index in [1.165, 1.54) is 57.1 Å². The Kier molecular flexibility index (Phi) is 3.13. The van der Waals surface area contributed by atoms with Gasteiger partial charge in [0.2, 0.25) is 0 Å². The van der Waals surface area contributed by atoms with Crippen molar-refractivity contribution in [2.24, 2.45) is 23.0 Å². The van der Waals surface area contributed by atoms with E-state index < -0.39 is 0 Å². The molecule has 2 unspecified atom stereocenters. The molecule has 2 N–H and O–H groups in total. The summed E-state index contributed by atoms with van der Waals surface area (Å²) in [5.74, 6) is 2.00. The first-order valence-electron chi connectivity index (χ1n) is 8.52. The van der Waals surface area contributed by atoms with Crippen molar-refractivity contribution in [2.45, 2.75) is 63.8 Å². The molecule has 110 valence electrons. The van der Waals surface area contributed by atoms with Crippen molar-refractivity contribution >= 4 is 0 Å². The van der Waals surface area contributed by atoms with Crippen molar-refractivity contribution < 1.29 is 0 Å². The molecule has 0 bridgehead atoms. The lowest BCUT2D eigenvalue weighted by molar-refractivity contribution is 0.267. The van der Waals surface area contributed by atoms with Crippen molar-refractivity contribution in [3.63, 3.8) is 0 Å². The van der Waals surface area contributed by atoms with E-state index in [4.69, 9.17) is 10.8 Å². The van der Waals surface area contributed by atoms with Gasteiger partial charge >= 0.3 is 0 Å². The summed E-state index contributed by atoms with van der Waals surface area (Å²) in [6.45, 7) is 0.844. The van der Waals surface area contributed by atoms with E-state index >= 15 is 0 Å². The molecule has 0 saturated heterocycles. The summed E-state index contributed by atoms with van der Waals surface area (Å²) in [6.07, 6.45) is 14.3. The number of hydrogen-bond acceptors (Lipinski definition) is 2. The SMILES string of the molecule is NCC1(Cc2ccn(C3CCCCC3)n2)CC2CC2C1. The normalized spacial score (nSPS) is 37.0. The zero-order chi connectivity index (χ0) is 13.6. The average Bonchev–Trinajstić information content (AvgIpc) is 2.91. The number of rotatable bonds is 4. The van der Waals surface area contributed by atoms with Gasteiger partial charge in [-0.3, -0.25) is 4.68 Å². The molecule has 3 heteroatoms. The van der Waals surface area contributed by atoms with Gasteiger partial charge in [0.1, 0.15) is 0 Å². The molecule has 0 amide bonds. The minimum absolute atomic E-state index is 0.374. The van der Waals surface area contributed by atoms with Crippen LogP contribution in [0.5, 0.6) is 0 Å². The quantitative estimate of drug-likeness (QED) is 0.914. The fourth-order valence-electron chi connectivity index (χ4n) is 4.79. The van der Waals surface area contributed by atoms with Crippen LogP contribution in [-0.4, -0.2) is 16.3 Å². The van der Waals surface area contributed by atoms with Crippen molar-refractivity contribution in [3.8, 4) is 0 Å². The van der Waals surface area contributed by atoms with Gasteiger partial charge in [-0.2, -0.15) is 5.10 Å². The third kappa shape index (κ3) is 2.30. The standard InChI is InChI=1S/C17H27N3/c18-12-17(9-13-8-14(13)10-17)11-15-6-7-20(19-15)16-4-2-1-3-5-16/h6-7,13-14,16H,1-5,8-12,18H2. The van der Waals surface area contributed by atoms with E-state index in [2.05, 4.69) is 16.9 Å². The largest absolute Gasteiger partial charge is 0.330 e. The highest BCUT2D eigenvalue weighted by Gasteiger charge is 2.53. The zero-order valence-electron chi connectivity index (χ0n) is 12.4. The maximum atomic E-state index is 6.11. The van der Waals surface area contributed by atoms with Crippen LogP contribution in [0, 0.1) is 17.3 Å². The Balaban J connectivity index is 1.45. The Morgan fingerprint density at radius 1 is 1.20 bits per heavy atom. The summed E-state index contributed by atoms with van der Waals surface area (Å²) in [5.41, 5.74) is 7.77. The summed E-state index contributed by atoms with van der Waals surface area (Å²) in [4.78, 5) is 0. The Morgan fingerprint density at radius 3 is 2.65 bits per heavy atom. The van der Waals surface area contributed by atoms with Crippen molar-refractivity contribution in [2.75, 3.05) is 6.54 Å². The predicted octanol–water partition coefficient (Wildman–Crippen LogP) is 3.31. The molecule has 3 nitrogen and oxygen atoms in total. The van der Waals surface area contributed by atoms with Gasteiger partial charge in [-0.05, 0) is 68.4 Å². The third-order valence-corrected chi connectivity index (χ3v) is 6.06. The molecule has 2 atom stereocenters. The van der Waals surface area contributed by atoms with Gasteiger partial charge in [-0.1, -0.05) is 19.3 Å². The van der Waals surface area contributed by atoms with E-state index in [0.29, 0.717) is 11.5 Å². The Labute approximate surface area is 121 Å². The minimum Gasteiger partial charge on any atom is -0.330 e. The van der Waals surface area contributed by atoms with Gasteiger partial charge in [0.15, 0.2) is 0 Å². The maximum Gasteiger partial charge on any atom is 0.0630 e. The van der Waals surface area contributed by atoms with Crippen LogP contribution in [0.1, 0.15) is 63.1 Å². The third-order valence-electron chi connectivity index (χ3n) is 6.06. The first-order chi connectivity index (χ1) is 9.78. The fraction of sp³-hybridized carbons (Fsp3) is 0.824. The Hall–Kier alpha value is -0.830. The van der Waals surface area contributed by atoms with Crippen LogP contribution in [-0.2, 0) is 6.42 Å². The lowest BCUT2D eigenvalue weighted by atomic mass is 9.79. The number of hydrogen-bond donors (Lipinski definition) is 1. The van der Waals surface area contributed by atoms with Gasteiger partial charge in [0.25, 0.3) is 0 Å². The van der Waals surface area contributed by atoms with Crippen LogP contribution in [0.2, 0.25) is 0 Å². The zero-order valence-corrected chi connectivity index (χ0v) is 12.4. The van der Waals surface area contributed by atoms with E-state index in [9.17, 15) is 0 Å². The highest BCUT2D eigenvalue weighted by atomic mass is 15.3. The van der Waals surface area contributed by atoms with Gasteiger partial charge in [0, 0.05) is 6.20 Å². The molecular weight excluding hydrogens is 246 g/mol. The average molecular weight is 273 g/mol. The molecule has 4 rings (SSSR count). The highest BCUT2D eigenvalue weighted by Crippen LogP contribution is 2.60. The van der Waals surface area contributed by atoms with Gasteiger partial charge in [-0.15, -0.1) is 0 Å². The molecule has 0 radical (unpaired) electrons. The molecule has 1 aromatic rings. The second-order valence-electron chi connectivity index (χ2n) is 7.62. The van der Waals surface area contributed by atoms with Crippen molar-refractivity contribution in [1.82, 2.24) is 9.78 Å². The molecular formula is C17H27N3. The summed E-state index contributed by atoms with van der Waals surface area (Å²) in [7, 11) is 0. The summed E-state index contributed by atoms with van der Waals surface area (Å²) < 4.78 is 2.24. The topological polar surface area (TPSA) is 43.8 Å². The molecule has 0 aromatic carbocycles. The summed E-state index contributed by atoms with van der Waals surface area (Å²) in [5, 5.41) is 4.89. The van der Waals surface area contributed by atoms with E-state index in [1.807, 2.05) is 0 Å². The lowest BCUT2D eigenvalue weighted by Gasteiger charge is -2.28. The molecule has 3 aliphatic rings. The highest BCUT2D eigenvalue weighted by molar-refractivity contribution is 5.11. The van der Waals surface area contributed by atoms with Crippen LogP contribution in [0.4, 0.5) is 0 Å². The van der Waals surface area contributed by atoms with Crippen LogP contribution < -0.4 is 5.73 Å². The molecule has 1 heterocycles. The van der Waals surface area contributed by atoms with E-state index in [1.54, 1.807) is 0 Å². The summed E-state index contributed by atoms with van der Waals surface area (Å²) in [6, 6.07) is 2.90. The predicted molar refractivity (Wildman–Crippen MR) is 80.4 cm³/mol. The lowest BCUT2D eigenvalue weighted by Crippen LogP contribution is -2.31. The molecule has 3 aliphatic carbocycles. The summed E-state index contributed by atoms with van der Waals surface area (Å²) >= 11 is 0. The number of nitrogens with zero attached hydrogens (tertiary/aromatic N) is 2. The fourth-order valence-corrected chi connectivity index (χ4v) is 4.79. The second kappa shape index (κ2) is 4.87. The van der Waals surface area contributed by atoms with Crippen molar-refractivity contribution in [1.29, 1.82) is 0 Å². The van der Waals surface area contributed by atoms with Crippen LogP contribution >= 0.6 is 0 Å². The van der Waals surface area contributed by atoms with Crippen LogP contribution in [0.25, 0.3) is 0 Å². The first kappa shape index (κ1) is 12.9. The number of nitrogens with two attached hydrogens (primary N) is 1. The monoisotopic (exact) mass is 273 g/mol. The van der Waals surface area contributed by atoms with Crippen LogP contribution in [0.15, 0.2) is 12.3 Å². The number of aromatic nitrogens is 2. The van der Waals surface area contributed by atoms with Crippen LogP contribution in [0.3, 0.4) is 0 Å². The second-order valence-corrected chi connectivity index (χ2v) is 7.62. The Bertz CT molecular complexity index is 462. The van der Waals surface area contributed by atoms with Crippen molar-refractivity contribution in [3.05, 3.63) is 18.0 Å². The molecule has 0 spiro atoms. The Morgan fingerprint density at radius 2 is 1.95 bits per heavy atom. The van der Waals surface area contributed by atoms with Gasteiger partial charge in [0.05, 0.1) is 11.7 Å². The smallest absolute Gasteiger partial charge is 0.0630 e.